The largest absolute Gasteiger partial charge is 0.350 e. The second kappa shape index (κ2) is 8.36. The van der Waals surface area contributed by atoms with Crippen LogP contribution in [-0.2, 0) is 29.0 Å². The van der Waals surface area contributed by atoms with Crippen molar-refractivity contribution in [1.82, 2.24) is 25.5 Å². The molecule has 170 valence electrons. The van der Waals surface area contributed by atoms with Crippen molar-refractivity contribution in [3.8, 4) is 0 Å². The van der Waals surface area contributed by atoms with Crippen molar-refractivity contribution in [3.05, 3.63) is 52.3 Å². The fraction of sp³-hybridized carbons (Fsp3) is 0.391. The number of rotatable bonds is 5. The van der Waals surface area contributed by atoms with Crippen LogP contribution in [0.25, 0.3) is 0 Å². The highest BCUT2D eigenvalue weighted by Gasteiger charge is 2.45. The maximum Gasteiger partial charge on any atom is 0.262 e. The normalized spacial score (nSPS) is 22.2. The molecule has 0 spiro atoms. The number of benzene rings is 1. The lowest BCUT2D eigenvalue weighted by Gasteiger charge is -2.27. The highest BCUT2D eigenvalue weighted by atomic mass is 16.2. The number of piperidine rings is 1. The van der Waals surface area contributed by atoms with Gasteiger partial charge in [0.1, 0.15) is 6.04 Å². The SMILES string of the molecule is CNC1CCc2nc(NCc3cccc4c3C(=O)N(C3CCC(=O)NC3=O)C4=O)ncc2C1. The fourth-order valence-corrected chi connectivity index (χ4v) is 4.75. The Morgan fingerprint density at radius 2 is 1.97 bits per heavy atom. The van der Waals surface area contributed by atoms with Crippen LogP contribution >= 0.6 is 0 Å². The number of likely N-dealkylation sites (N-methyl/N-ethyl adjacent to an activating group) is 1. The number of fused-ring (bicyclic) bond motifs is 2. The zero-order chi connectivity index (χ0) is 23.1. The topological polar surface area (TPSA) is 133 Å². The van der Waals surface area contributed by atoms with Gasteiger partial charge in [-0.05, 0) is 49.9 Å². The lowest BCUT2D eigenvalue weighted by molar-refractivity contribution is -0.136. The quantitative estimate of drug-likeness (QED) is 0.566. The number of aromatic nitrogens is 2. The first-order valence-electron chi connectivity index (χ1n) is 11.1. The summed E-state index contributed by atoms with van der Waals surface area (Å²) in [6.07, 6.45) is 4.82. The van der Waals surface area contributed by atoms with E-state index in [1.54, 1.807) is 18.2 Å². The van der Waals surface area contributed by atoms with Gasteiger partial charge in [0.2, 0.25) is 17.8 Å². The van der Waals surface area contributed by atoms with E-state index in [0.29, 0.717) is 17.6 Å². The van der Waals surface area contributed by atoms with E-state index in [1.165, 1.54) is 0 Å². The number of anilines is 1. The number of carbonyl (C=O) groups is 4. The Kier molecular flexibility index (Phi) is 5.37. The van der Waals surface area contributed by atoms with Crippen LogP contribution in [-0.4, -0.2) is 57.6 Å². The average molecular weight is 448 g/mol. The number of nitrogens with one attached hydrogen (secondary N) is 3. The van der Waals surface area contributed by atoms with Crippen molar-refractivity contribution >= 4 is 29.6 Å². The molecule has 0 bridgehead atoms. The summed E-state index contributed by atoms with van der Waals surface area (Å²) in [4.78, 5) is 59.9. The molecule has 2 unspecified atom stereocenters. The molecular weight excluding hydrogens is 424 g/mol. The van der Waals surface area contributed by atoms with Gasteiger partial charge in [0.05, 0.1) is 11.1 Å². The molecule has 33 heavy (non-hydrogen) atoms. The van der Waals surface area contributed by atoms with Crippen LogP contribution < -0.4 is 16.0 Å². The van der Waals surface area contributed by atoms with Gasteiger partial charge in [0.15, 0.2) is 0 Å². The first-order chi connectivity index (χ1) is 16.0. The van der Waals surface area contributed by atoms with Gasteiger partial charge in [-0.25, -0.2) is 9.97 Å². The third-order valence-corrected chi connectivity index (χ3v) is 6.55. The summed E-state index contributed by atoms with van der Waals surface area (Å²) < 4.78 is 0. The Labute approximate surface area is 190 Å². The van der Waals surface area contributed by atoms with Crippen molar-refractivity contribution in [2.75, 3.05) is 12.4 Å². The third-order valence-electron chi connectivity index (χ3n) is 6.55. The smallest absolute Gasteiger partial charge is 0.262 e. The highest BCUT2D eigenvalue weighted by Crippen LogP contribution is 2.30. The molecule has 1 aromatic heterocycles. The molecular formula is C23H24N6O4. The van der Waals surface area contributed by atoms with Crippen LogP contribution in [0.5, 0.6) is 0 Å². The van der Waals surface area contributed by atoms with Gasteiger partial charge in [-0.2, -0.15) is 0 Å². The lowest BCUT2D eigenvalue weighted by Crippen LogP contribution is -2.54. The molecule has 3 aliphatic rings. The van der Waals surface area contributed by atoms with Gasteiger partial charge >= 0.3 is 0 Å². The third kappa shape index (κ3) is 3.76. The number of nitrogens with zero attached hydrogens (tertiary/aromatic N) is 3. The van der Waals surface area contributed by atoms with Crippen molar-refractivity contribution in [2.45, 2.75) is 50.7 Å². The summed E-state index contributed by atoms with van der Waals surface area (Å²) in [5.41, 5.74) is 3.31. The fourth-order valence-electron chi connectivity index (χ4n) is 4.75. The first-order valence-corrected chi connectivity index (χ1v) is 11.1. The lowest BCUT2D eigenvalue weighted by atomic mass is 9.93. The summed E-state index contributed by atoms with van der Waals surface area (Å²) in [7, 11) is 1.96. The Balaban J connectivity index is 1.35. The molecule has 10 heteroatoms. The Bertz CT molecular complexity index is 1180. The molecule has 5 rings (SSSR count). The van der Waals surface area contributed by atoms with E-state index in [9.17, 15) is 19.2 Å². The molecule has 1 saturated heterocycles. The molecule has 1 aromatic carbocycles. The predicted molar refractivity (Wildman–Crippen MR) is 117 cm³/mol. The van der Waals surface area contributed by atoms with Crippen LogP contribution in [0.3, 0.4) is 0 Å². The van der Waals surface area contributed by atoms with Crippen LogP contribution in [0.15, 0.2) is 24.4 Å². The molecule has 1 aliphatic carbocycles. The molecule has 2 atom stereocenters. The van der Waals surface area contributed by atoms with Crippen LogP contribution in [0, 0.1) is 0 Å². The van der Waals surface area contributed by atoms with E-state index in [1.807, 2.05) is 13.2 Å². The van der Waals surface area contributed by atoms with Gasteiger partial charge in [-0.1, -0.05) is 12.1 Å². The number of carbonyl (C=O) groups excluding carboxylic acids is 4. The number of aryl methyl sites for hydroxylation is 1. The van der Waals surface area contributed by atoms with Crippen LogP contribution in [0.2, 0.25) is 0 Å². The minimum absolute atomic E-state index is 0.0863. The van der Waals surface area contributed by atoms with Gasteiger partial charge in [-0.3, -0.25) is 29.4 Å². The molecule has 2 aliphatic heterocycles. The summed E-state index contributed by atoms with van der Waals surface area (Å²) in [5, 5.41) is 8.67. The Morgan fingerprint density at radius 3 is 2.76 bits per heavy atom. The Morgan fingerprint density at radius 1 is 1.12 bits per heavy atom. The minimum atomic E-state index is -0.985. The van der Waals surface area contributed by atoms with E-state index >= 15 is 0 Å². The number of imide groups is 2. The molecule has 3 heterocycles. The van der Waals surface area contributed by atoms with Gasteiger partial charge in [0, 0.05) is 30.9 Å². The maximum atomic E-state index is 13.2. The number of hydrogen-bond donors (Lipinski definition) is 3. The summed E-state index contributed by atoms with van der Waals surface area (Å²) in [5.74, 6) is -1.59. The molecule has 10 nitrogen and oxygen atoms in total. The van der Waals surface area contributed by atoms with Crippen molar-refractivity contribution < 1.29 is 19.2 Å². The predicted octanol–water partition coefficient (Wildman–Crippen LogP) is 0.567. The molecule has 0 saturated carbocycles. The van der Waals surface area contributed by atoms with Gasteiger partial charge < -0.3 is 10.6 Å². The first kappa shape index (κ1) is 21.2. The molecule has 2 aromatic rings. The molecule has 3 N–H and O–H groups in total. The van der Waals surface area contributed by atoms with Gasteiger partial charge in [-0.15, -0.1) is 0 Å². The van der Waals surface area contributed by atoms with Crippen molar-refractivity contribution in [2.24, 2.45) is 0 Å². The number of amides is 4. The van der Waals surface area contributed by atoms with Gasteiger partial charge in [0.25, 0.3) is 11.8 Å². The second-order valence-corrected chi connectivity index (χ2v) is 8.53. The monoisotopic (exact) mass is 448 g/mol. The van der Waals surface area contributed by atoms with Crippen LogP contribution in [0.4, 0.5) is 5.95 Å². The second-order valence-electron chi connectivity index (χ2n) is 8.53. The zero-order valence-electron chi connectivity index (χ0n) is 18.2. The van der Waals surface area contributed by atoms with E-state index in [0.717, 1.165) is 35.4 Å². The van der Waals surface area contributed by atoms with E-state index < -0.39 is 29.7 Å². The summed E-state index contributed by atoms with van der Waals surface area (Å²) in [6, 6.07) is 4.50. The average Bonchev–Trinajstić information content (AvgIpc) is 3.08. The minimum Gasteiger partial charge on any atom is -0.350 e. The summed E-state index contributed by atoms with van der Waals surface area (Å²) >= 11 is 0. The zero-order valence-corrected chi connectivity index (χ0v) is 18.2. The van der Waals surface area contributed by atoms with E-state index in [-0.39, 0.29) is 30.5 Å². The number of hydrogen-bond acceptors (Lipinski definition) is 8. The highest BCUT2D eigenvalue weighted by molar-refractivity contribution is 6.24. The van der Waals surface area contributed by atoms with E-state index in [2.05, 4.69) is 25.9 Å². The standard InChI is InChI=1S/C23H24N6O4/c1-24-14-5-6-16-13(9-14)11-26-23(27-16)25-10-12-3-2-4-15-19(12)22(33)29(21(15)32)17-7-8-18(30)28-20(17)31/h2-4,11,14,17,24H,5-10H2,1H3,(H,25,26,27)(H,28,30,31). The summed E-state index contributed by atoms with van der Waals surface area (Å²) in [6.45, 7) is 0.253. The molecule has 4 amide bonds. The maximum absolute atomic E-state index is 13.2. The molecule has 1 fully saturated rings. The van der Waals surface area contributed by atoms with E-state index in [4.69, 9.17) is 0 Å². The Hall–Kier alpha value is -3.66. The van der Waals surface area contributed by atoms with Crippen LogP contribution in [0.1, 0.15) is 56.8 Å². The molecule has 0 radical (unpaired) electrons. The van der Waals surface area contributed by atoms with Crippen molar-refractivity contribution in [1.29, 1.82) is 0 Å². The van der Waals surface area contributed by atoms with Crippen molar-refractivity contribution in [3.63, 3.8) is 0 Å².